The van der Waals surface area contributed by atoms with Gasteiger partial charge in [-0.1, -0.05) is 18.5 Å². The second kappa shape index (κ2) is 6.31. The van der Waals surface area contributed by atoms with Gasteiger partial charge in [0.25, 0.3) is 0 Å². The lowest BCUT2D eigenvalue weighted by Crippen LogP contribution is -2.42. The zero-order valence-corrected chi connectivity index (χ0v) is 13.9. The Morgan fingerprint density at radius 1 is 1.46 bits per heavy atom. The third kappa shape index (κ3) is 3.69. The number of amides is 1. The largest absolute Gasteiger partial charge is 0.389 e. The Hall–Kier alpha value is -1.69. The summed E-state index contributed by atoms with van der Waals surface area (Å²) in [5, 5.41) is 4.41. The van der Waals surface area contributed by atoms with E-state index >= 15 is 0 Å². The minimum Gasteiger partial charge on any atom is -0.358 e. The van der Waals surface area contributed by atoms with E-state index in [1.54, 1.807) is 0 Å². The van der Waals surface area contributed by atoms with Crippen molar-refractivity contribution in [2.24, 2.45) is 5.92 Å². The molecule has 0 unspecified atom stereocenters. The first-order valence-corrected chi connectivity index (χ1v) is 8.27. The molecule has 2 aromatic rings. The summed E-state index contributed by atoms with van der Waals surface area (Å²) >= 11 is 6.05. The molecule has 0 spiro atoms. The van der Waals surface area contributed by atoms with Crippen LogP contribution in [0.15, 0.2) is 18.2 Å². The summed E-state index contributed by atoms with van der Waals surface area (Å²) in [5.41, 5.74) is 3.19. The first-order chi connectivity index (χ1) is 11.2. The summed E-state index contributed by atoms with van der Waals surface area (Å²) in [4.78, 5) is 15.4. The number of aryl methyl sites for hydroxylation is 1. The molecule has 2 N–H and O–H groups in total. The highest BCUT2D eigenvalue weighted by Gasteiger charge is 2.34. The predicted octanol–water partition coefficient (Wildman–Crippen LogP) is 4.38. The second-order valence-electron chi connectivity index (χ2n) is 6.44. The summed E-state index contributed by atoms with van der Waals surface area (Å²) in [6, 6.07) is 5.44. The van der Waals surface area contributed by atoms with Crippen LogP contribution in [-0.2, 0) is 17.6 Å². The zero-order chi connectivity index (χ0) is 17.5. The van der Waals surface area contributed by atoms with E-state index < -0.39 is 24.4 Å². The van der Waals surface area contributed by atoms with Crippen molar-refractivity contribution in [1.29, 1.82) is 0 Å². The third-order valence-electron chi connectivity index (χ3n) is 4.48. The van der Waals surface area contributed by atoms with Gasteiger partial charge in [0.2, 0.25) is 5.91 Å². The molecule has 1 heterocycles. The Bertz CT molecular complexity index is 769. The van der Waals surface area contributed by atoms with E-state index in [2.05, 4.69) is 10.3 Å². The van der Waals surface area contributed by atoms with Gasteiger partial charge in [-0.2, -0.15) is 13.2 Å². The number of nitrogens with one attached hydrogen (secondary N) is 2. The molecule has 3 rings (SSSR count). The first kappa shape index (κ1) is 17.1. The molecule has 1 aromatic heterocycles. The smallest absolute Gasteiger partial charge is 0.358 e. The Morgan fingerprint density at radius 3 is 2.92 bits per heavy atom. The highest BCUT2D eigenvalue weighted by molar-refractivity contribution is 6.31. The molecule has 24 heavy (non-hydrogen) atoms. The number of halogens is 4. The Morgan fingerprint density at radius 2 is 2.21 bits per heavy atom. The van der Waals surface area contributed by atoms with Gasteiger partial charge in [0.05, 0.1) is 6.42 Å². The van der Waals surface area contributed by atoms with E-state index in [1.807, 2.05) is 18.2 Å². The van der Waals surface area contributed by atoms with Crippen molar-refractivity contribution in [1.82, 2.24) is 10.3 Å². The molecule has 130 valence electrons. The van der Waals surface area contributed by atoms with Crippen molar-refractivity contribution >= 4 is 28.4 Å². The average Bonchev–Trinajstić information content (AvgIpc) is 2.83. The van der Waals surface area contributed by atoms with Crippen LogP contribution in [0.3, 0.4) is 0 Å². The Labute approximate surface area is 142 Å². The van der Waals surface area contributed by atoms with Crippen LogP contribution in [0.2, 0.25) is 5.02 Å². The minimum absolute atomic E-state index is 0.154. The predicted molar refractivity (Wildman–Crippen MR) is 87.1 cm³/mol. The van der Waals surface area contributed by atoms with Crippen molar-refractivity contribution in [3.8, 4) is 0 Å². The van der Waals surface area contributed by atoms with Gasteiger partial charge in [0.15, 0.2) is 0 Å². The first-order valence-electron chi connectivity index (χ1n) is 7.89. The fourth-order valence-corrected chi connectivity index (χ4v) is 3.47. The molecule has 0 fully saturated rings. The van der Waals surface area contributed by atoms with Crippen molar-refractivity contribution < 1.29 is 18.0 Å². The number of carbonyl (C=O) groups is 1. The average molecular weight is 359 g/mol. The summed E-state index contributed by atoms with van der Waals surface area (Å²) in [5.74, 6) is -1.62. The molecule has 0 saturated heterocycles. The minimum atomic E-state index is -4.33. The highest BCUT2D eigenvalue weighted by atomic mass is 35.5. The quantitative estimate of drug-likeness (QED) is 0.840. The van der Waals surface area contributed by atoms with E-state index in [0.717, 1.165) is 28.6 Å². The lowest BCUT2D eigenvalue weighted by Gasteiger charge is -2.25. The molecular weight excluding hydrogens is 341 g/mol. The topological polar surface area (TPSA) is 44.9 Å². The maximum absolute atomic E-state index is 12.4. The number of carbonyl (C=O) groups excluding carboxylic acids is 1. The molecule has 0 bridgehead atoms. The number of fused-ring (bicyclic) bond motifs is 3. The molecule has 0 aliphatic heterocycles. The maximum Gasteiger partial charge on any atom is 0.389 e. The van der Waals surface area contributed by atoms with Gasteiger partial charge in [0.1, 0.15) is 0 Å². The van der Waals surface area contributed by atoms with E-state index in [1.165, 1.54) is 6.92 Å². The van der Waals surface area contributed by atoms with Crippen LogP contribution in [0.4, 0.5) is 13.2 Å². The van der Waals surface area contributed by atoms with Gasteiger partial charge in [-0.05, 0) is 43.0 Å². The lowest BCUT2D eigenvalue weighted by molar-refractivity contribution is -0.153. The van der Waals surface area contributed by atoms with Gasteiger partial charge in [0, 0.05) is 33.6 Å². The van der Waals surface area contributed by atoms with E-state index in [-0.39, 0.29) is 6.04 Å². The molecule has 1 aliphatic carbocycles. The summed E-state index contributed by atoms with van der Waals surface area (Å²) in [6.07, 6.45) is -3.37. The van der Waals surface area contributed by atoms with Crippen LogP contribution in [0.5, 0.6) is 0 Å². The summed E-state index contributed by atoms with van der Waals surface area (Å²) in [7, 11) is 0. The van der Waals surface area contributed by atoms with Crippen LogP contribution < -0.4 is 5.32 Å². The molecule has 3 nitrogen and oxygen atoms in total. The normalized spacial score (nSPS) is 19.1. The van der Waals surface area contributed by atoms with Gasteiger partial charge in [-0.25, -0.2) is 0 Å². The maximum atomic E-state index is 12.4. The lowest BCUT2D eigenvalue weighted by atomic mass is 9.91. The molecule has 7 heteroatoms. The number of alkyl halides is 3. The fraction of sp³-hybridized carbons (Fsp3) is 0.471. The molecule has 2 atom stereocenters. The zero-order valence-electron chi connectivity index (χ0n) is 13.1. The number of benzene rings is 1. The monoisotopic (exact) mass is 358 g/mol. The Balaban J connectivity index is 1.72. The molecule has 0 radical (unpaired) electrons. The Kier molecular flexibility index (Phi) is 4.51. The summed E-state index contributed by atoms with van der Waals surface area (Å²) in [6.45, 7) is 1.31. The van der Waals surface area contributed by atoms with Crippen molar-refractivity contribution in [2.75, 3.05) is 0 Å². The van der Waals surface area contributed by atoms with E-state index in [9.17, 15) is 18.0 Å². The number of rotatable bonds is 3. The standard InChI is InChI=1S/C17H18ClF3N2O/c1-9(8-17(19,20)21)16(24)22-11-3-5-15-13(7-11)12-6-10(18)2-4-14(12)23-15/h2,4,6,9,11,23H,3,5,7-8H2,1H3,(H,22,24)/t9-,11+/m1/s1. The van der Waals surface area contributed by atoms with E-state index in [0.29, 0.717) is 17.9 Å². The molecule has 1 amide bonds. The number of H-pyrrole nitrogens is 1. The molecular formula is C17H18ClF3N2O. The third-order valence-corrected chi connectivity index (χ3v) is 4.72. The van der Waals surface area contributed by atoms with Crippen LogP contribution >= 0.6 is 11.6 Å². The van der Waals surface area contributed by atoms with Gasteiger partial charge in [-0.3, -0.25) is 4.79 Å². The van der Waals surface area contributed by atoms with Gasteiger partial charge >= 0.3 is 6.18 Å². The van der Waals surface area contributed by atoms with Crippen LogP contribution in [0, 0.1) is 5.92 Å². The molecule has 1 aliphatic rings. The number of hydrogen-bond donors (Lipinski definition) is 2. The van der Waals surface area contributed by atoms with Crippen LogP contribution in [0.1, 0.15) is 31.0 Å². The summed E-state index contributed by atoms with van der Waals surface area (Å²) < 4.78 is 37.2. The van der Waals surface area contributed by atoms with Gasteiger partial charge in [-0.15, -0.1) is 0 Å². The second-order valence-corrected chi connectivity index (χ2v) is 6.88. The van der Waals surface area contributed by atoms with Crippen LogP contribution in [0.25, 0.3) is 10.9 Å². The number of aromatic amines is 1. The molecule has 0 saturated carbocycles. The fourth-order valence-electron chi connectivity index (χ4n) is 3.30. The number of hydrogen-bond acceptors (Lipinski definition) is 1. The van der Waals surface area contributed by atoms with Crippen molar-refractivity contribution in [3.05, 3.63) is 34.5 Å². The van der Waals surface area contributed by atoms with Crippen molar-refractivity contribution in [2.45, 2.75) is 44.8 Å². The van der Waals surface area contributed by atoms with Crippen LogP contribution in [-0.4, -0.2) is 23.1 Å². The van der Waals surface area contributed by atoms with Gasteiger partial charge < -0.3 is 10.3 Å². The molecule has 1 aromatic carbocycles. The highest BCUT2D eigenvalue weighted by Crippen LogP contribution is 2.31. The number of aromatic nitrogens is 1. The van der Waals surface area contributed by atoms with E-state index in [4.69, 9.17) is 11.6 Å². The van der Waals surface area contributed by atoms with Crippen molar-refractivity contribution in [3.63, 3.8) is 0 Å². The SMILES string of the molecule is C[C@H](CC(F)(F)F)C(=O)N[C@H]1CCc2[nH]c3ccc(Cl)cc3c2C1.